The highest BCUT2D eigenvalue weighted by Gasteiger charge is 2.22. The van der Waals surface area contributed by atoms with Crippen LogP contribution in [-0.4, -0.2) is 28.9 Å². The van der Waals surface area contributed by atoms with Crippen LogP contribution in [0.2, 0.25) is 0 Å². The third-order valence-corrected chi connectivity index (χ3v) is 5.31. The van der Waals surface area contributed by atoms with Crippen LogP contribution in [0.15, 0.2) is 60.2 Å². The Morgan fingerprint density at radius 1 is 1.14 bits per heavy atom. The monoisotopic (exact) mass is 494 g/mol. The number of rotatable bonds is 11. The zero-order valence-electron chi connectivity index (χ0n) is 22.1. The zero-order valence-corrected chi connectivity index (χ0v) is 22.1. The Balaban J connectivity index is 0. The Bertz CT molecular complexity index is 833. The fourth-order valence-corrected chi connectivity index (χ4v) is 3.28. The lowest BCUT2D eigenvalue weighted by Crippen LogP contribution is -2.32. The van der Waals surface area contributed by atoms with E-state index in [-0.39, 0.29) is 11.4 Å². The highest BCUT2D eigenvalue weighted by molar-refractivity contribution is 5.96. The number of hydrogen-bond donors (Lipinski definition) is 3. The maximum Gasteiger partial charge on any atom is 0.402 e. The molecule has 0 spiro atoms. The van der Waals surface area contributed by atoms with E-state index in [2.05, 4.69) is 57.3 Å². The van der Waals surface area contributed by atoms with Gasteiger partial charge >= 0.3 is 6.09 Å². The van der Waals surface area contributed by atoms with Gasteiger partial charge < -0.3 is 16.6 Å². The molecule has 0 aliphatic carbocycles. The van der Waals surface area contributed by atoms with Crippen molar-refractivity contribution in [2.75, 3.05) is 0 Å². The number of Topliss-reactive ketones (excluding diaryl/α,β-unsaturated/α-hetero) is 1. The van der Waals surface area contributed by atoms with Crippen molar-refractivity contribution in [1.29, 1.82) is 0 Å². The molecule has 0 heterocycles. The number of ketones is 1. The predicted molar refractivity (Wildman–Crippen MR) is 142 cm³/mol. The Morgan fingerprint density at radius 2 is 1.66 bits per heavy atom. The van der Waals surface area contributed by atoms with Crippen LogP contribution < -0.4 is 11.5 Å². The third kappa shape index (κ3) is 18.2. The first-order chi connectivity index (χ1) is 16.2. The quantitative estimate of drug-likeness (QED) is 0.227. The summed E-state index contributed by atoms with van der Waals surface area (Å²) in [5, 5.41) is 7.19. The van der Waals surface area contributed by atoms with Crippen molar-refractivity contribution in [3.63, 3.8) is 0 Å². The van der Waals surface area contributed by atoms with Crippen LogP contribution in [0.4, 0.5) is 13.6 Å². The van der Waals surface area contributed by atoms with Crippen LogP contribution >= 0.6 is 0 Å². The van der Waals surface area contributed by atoms with Crippen molar-refractivity contribution in [3.05, 3.63) is 71.3 Å². The molecule has 198 valence electrons. The zero-order chi connectivity index (χ0) is 27.6. The maximum absolute atomic E-state index is 12.7. The molecule has 1 amide bonds. The fraction of sp³-hybridized carbons (Fsp3) is 0.500. The number of carboxylic acid groups (broad SMARTS) is 1. The first kappa shape index (κ1) is 34.4. The van der Waals surface area contributed by atoms with Crippen molar-refractivity contribution in [3.8, 4) is 0 Å². The SMILES string of the molecule is C=C/C(=C\C=C(/C)C(C)(F)F)C(C)=O.CCCC(CCC)C(N)Cc1cccc(C)c1.NC(=O)O. The standard InChI is InChI=1S/C16H27N.C11H14F2O.CH3NO2/c1-4-7-15(8-5-2)16(17)12-14-10-6-9-13(3)11-14;1-5-10(9(3)14)7-6-8(2)11(4,12)13;2-1(3)4/h6,9-11,15-16H,4-5,7-8,12,17H2,1-3H3;5-7H,1H2,2-4H3;2H2,(H,3,4)/b;8-6+,10-7+;. The second kappa shape index (κ2) is 18.5. The van der Waals surface area contributed by atoms with Crippen LogP contribution in [0.5, 0.6) is 0 Å². The van der Waals surface area contributed by atoms with Crippen LogP contribution in [0.1, 0.15) is 71.4 Å². The van der Waals surface area contributed by atoms with Crippen molar-refractivity contribution < 1.29 is 23.5 Å². The molecule has 0 aromatic heterocycles. The number of benzene rings is 1. The molecular formula is C28H44F2N2O3. The summed E-state index contributed by atoms with van der Waals surface area (Å²) >= 11 is 0. The molecule has 0 saturated heterocycles. The second-order valence-electron chi connectivity index (χ2n) is 8.65. The molecule has 7 heteroatoms. The van der Waals surface area contributed by atoms with Gasteiger partial charge in [-0.05, 0) is 57.1 Å². The minimum atomic E-state index is -2.85. The van der Waals surface area contributed by atoms with Crippen LogP contribution in [0, 0.1) is 12.8 Å². The van der Waals surface area contributed by atoms with Gasteiger partial charge in [0.05, 0.1) is 0 Å². The molecule has 0 saturated carbocycles. The maximum atomic E-state index is 12.7. The molecule has 0 fully saturated rings. The smallest absolute Gasteiger partial charge is 0.402 e. The van der Waals surface area contributed by atoms with E-state index in [0.29, 0.717) is 17.5 Å². The summed E-state index contributed by atoms with van der Waals surface area (Å²) in [6.45, 7) is 13.6. The lowest BCUT2D eigenvalue weighted by atomic mass is 9.87. The molecule has 1 atom stereocenters. The van der Waals surface area contributed by atoms with E-state index in [1.807, 2.05) is 0 Å². The number of carbonyl (C=O) groups excluding carboxylic acids is 1. The fourth-order valence-electron chi connectivity index (χ4n) is 3.28. The van der Waals surface area contributed by atoms with Gasteiger partial charge in [-0.2, -0.15) is 0 Å². The predicted octanol–water partition coefficient (Wildman–Crippen LogP) is 6.99. The Morgan fingerprint density at radius 3 is 2.03 bits per heavy atom. The van der Waals surface area contributed by atoms with Gasteiger partial charge in [0, 0.05) is 18.5 Å². The van der Waals surface area contributed by atoms with E-state index in [0.717, 1.165) is 13.3 Å². The van der Waals surface area contributed by atoms with E-state index >= 15 is 0 Å². The minimum Gasteiger partial charge on any atom is -0.465 e. The molecule has 0 aliphatic heterocycles. The molecule has 1 rings (SSSR count). The van der Waals surface area contributed by atoms with Gasteiger partial charge in [-0.15, -0.1) is 0 Å². The first-order valence-electron chi connectivity index (χ1n) is 11.9. The topological polar surface area (TPSA) is 106 Å². The average Bonchev–Trinajstić information content (AvgIpc) is 2.73. The van der Waals surface area contributed by atoms with Crippen molar-refractivity contribution in [2.45, 2.75) is 85.6 Å². The summed E-state index contributed by atoms with van der Waals surface area (Å²) in [5.74, 6) is -2.35. The summed E-state index contributed by atoms with van der Waals surface area (Å²) in [5.41, 5.74) is 13.4. The molecule has 35 heavy (non-hydrogen) atoms. The molecule has 0 radical (unpaired) electrons. The Labute approximate surface area is 210 Å². The van der Waals surface area contributed by atoms with Gasteiger partial charge in [0.15, 0.2) is 5.78 Å². The van der Waals surface area contributed by atoms with Crippen LogP contribution in [0.3, 0.4) is 0 Å². The number of primary amides is 1. The van der Waals surface area contributed by atoms with Gasteiger partial charge in [0.2, 0.25) is 0 Å². The molecule has 1 unspecified atom stereocenters. The minimum absolute atomic E-state index is 0.0851. The van der Waals surface area contributed by atoms with Gasteiger partial charge in [0.25, 0.3) is 5.92 Å². The largest absolute Gasteiger partial charge is 0.465 e. The summed E-state index contributed by atoms with van der Waals surface area (Å²) in [6, 6.07) is 9.05. The van der Waals surface area contributed by atoms with Gasteiger partial charge in [0.1, 0.15) is 0 Å². The number of amides is 1. The lowest BCUT2D eigenvalue weighted by Gasteiger charge is -2.23. The highest BCUT2D eigenvalue weighted by atomic mass is 19.3. The second-order valence-corrected chi connectivity index (χ2v) is 8.65. The van der Waals surface area contributed by atoms with Crippen molar-refractivity contribution in [2.24, 2.45) is 17.4 Å². The average molecular weight is 495 g/mol. The summed E-state index contributed by atoms with van der Waals surface area (Å²) < 4.78 is 25.3. The van der Waals surface area contributed by atoms with E-state index in [4.69, 9.17) is 15.6 Å². The van der Waals surface area contributed by atoms with Gasteiger partial charge in [-0.3, -0.25) is 4.79 Å². The number of halogens is 2. The van der Waals surface area contributed by atoms with Gasteiger partial charge in [-0.25, -0.2) is 13.6 Å². The molecule has 0 aliphatic rings. The summed E-state index contributed by atoms with van der Waals surface area (Å²) in [7, 11) is 0. The first-order valence-corrected chi connectivity index (χ1v) is 11.9. The Hall–Kier alpha value is -2.80. The molecule has 0 bridgehead atoms. The van der Waals surface area contributed by atoms with E-state index in [1.165, 1.54) is 68.9 Å². The van der Waals surface area contributed by atoms with E-state index < -0.39 is 12.0 Å². The molecule has 1 aromatic carbocycles. The number of alkyl halides is 2. The third-order valence-electron chi connectivity index (χ3n) is 5.31. The molecule has 1 aromatic rings. The van der Waals surface area contributed by atoms with E-state index in [9.17, 15) is 13.6 Å². The van der Waals surface area contributed by atoms with Crippen molar-refractivity contribution >= 4 is 11.9 Å². The van der Waals surface area contributed by atoms with Gasteiger partial charge in [-0.1, -0.05) is 81.3 Å². The molecule has 5 N–H and O–H groups in total. The summed E-state index contributed by atoms with van der Waals surface area (Å²) in [6.07, 6.45) is 8.63. The Kier molecular flexibility index (Phi) is 18.2. The number of aryl methyl sites for hydroxylation is 1. The van der Waals surface area contributed by atoms with Crippen LogP contribution in [-0.2, 0) is 11.2 Å². The normalized spacial score (nSPS) is 12.6. The number of allylic oxidation sites excluding steroid dienone is 5. The highest BCUT2D eigenvalue weighted by Crippen LogP contribution is 2.22. The number of carbonyl (C=O) groups is 2. The van der Waals surface area contributed by atoms with Crippen LogP contribution in [0.25, 0.3) is 0 Å². The molecule has 5 nitrogen and oxygen atoms in total. The van der Waals surface area contributed by atoms with Crippen molar-refractivity contribution in [1.82, 2.24) is 0 Å². The molecular weight excluding hydrogens is 450 g/mol. The van der Waals surface area contributed by atoms with E-state index in [1.54, 1.807) is 0 Å². The summed E-state index contributed by atoms with van der Waals surface area (Å²) in [4.78, 5) is 19.7. The lowest BCUT2D eigenvalue weighted by molar-refractivity contribution is -0.113. The number of hydrogen-bond acceptors (Lipinski definition) is 3. The number of nitrogens with two attached hydrogens (primary N) is 2.